The van der Waals surface area contributed by atoms with Crippen LogP contribution in [0.2, 0.25) is 10.0 Å². The summed E-state index contributed by atoms with van der Waals surface area (Å²) >= 11 is 12.2. The monoisotopic (exact) mass is 459 g/mol. The second-order valence-electron chi connectivity index (χ2n) is 6.84. The zero-order valence-corrected chi connectivity index (χ0v) is 18.5. The van der Waals surface area contributed by atoms with E-state index in [9.17, 15) is 9.59 Å². The Balaban J connectivity index is 1.82. The highest BCUT2D eigenvalue weighted by Crippen LogP contribution is 2.23. The molecule has 9 heteroatoms. The van der Waals surface area contributed by atoms with E-state index in [1.807, 2.05) is 19.1 Å². The van der Waals surface area contributed by atoms with Crippen LogP contribution >= 0.6 is 23.2 Å². The van der Waals surface area contributed by atoms with Gasteiger partial charge in [0.15, 0.2) is 0 Å². The van der Waals surface area contributed by atoms with Crippen LogP contribution in [0.4, 0.5) is 5.69 Å². The summed E-state index contributed by atoms with van der Waals surface area (Å²) in [6.45, 7) is 2.72. The molecule has 0 aliphatic heterocycles. The number of carbonyl (C=O) groups is 2. The normalized spacial score (nSPS) is 10.7. The van der Waals surface area contributed by atoms with E-state index < -0.39 is 0 Å². The predicted molar refractivity (Wildman–Crippen MR) is 123 cm³/mol. The fraction of sp³-hybridized carbons (Fsp3) is 0.227. The first-order chi connectivity index (χ1) is 14.9. The molecule has 3 rings (SSSR count). The van der Waals surface area contributed by atoms with Gasteiger partial charge in [0.05, 0.1) is 33.7 Å². The van der Waals surface area contributed by atoms with E-state index in [0.717, 1.165) is 17.8 Å². The minimum Gasteiger partial charge on any atom is -0.351 e. The second-order valence-corrected chi connectivity index (χ2v) is 7.68. The van der Waals surface area contributed by atoms with Gasteiger partial charge in [0.1, 0.15) is 0 Å². The van der Waals surface area contributed by atoms with E-state index >= 15 is 0 Å². The number of nitrogens with zero attached hydrogens (tertiary/aromatic N) is 2. The maximum atomic E-state index is 13.0. The van der Waals surface area contributed by atoms with E-state index in [2.05, 4.69) is 15.7 Å². The number of hydrogen-bond acceptors (Lipinski definition) is 4. The largest absolute Gasteiger partial charge is 0.351 e. The van der Waals surface area contributed by atoms with Crippen molar-refractivity contribution in [2.24, 2.45) is 5.73 Å². The lowest BCUT2D eigenvalue weighted by atomic mass is 10.1. The Labute approximate surface area is 190 Å². The SMILES string of the molecule is CCCc1c(C(=O)Nc2ccc(C(=O)NCCN)c(Cl)c2)cnn1-c1ccc(Cl)cc1. The number of carbonyl (C=O) groups excluding carboxylic acids is 2. The maximum absolute atomic E-state index is 13.0. The van der Waals surface area contributed by atoms with Crippen molar-refractivity contribution in [3.63, 3.8) is 0 Å². The van der Waals surface area contributed by atoms with E-state index in [4.69, 9.17) is 28.9 Å². The number of benzene rings is 2. The van der Waals surface area contributed by atoms with Gasteiger partial charge in [0.25, 0.3) is 11.8 Å². The quantitative estimate of drug-likeness (QED) is 0.472. The summed E-state index contributed by atoms with van der Waals surface area (Å²) in [6, 6.07) is 12.0. The molecule has 0 saturated carbocycles. The Morgan fingerprint density at radius 2 is 1.81 bits per heavy atom. The standard InChI is InChI=1S/C22H23Cl2N5O2/c1-2-3-20-18(13-27-29(20)16-7-4-14(23)5-8-16)22(31)28-15-6-9-17(19(24)12-15)21(30)26-11-10-25/h4-9,12-13H,2-3,10-11,25H2,1H3,(H,26,30)(H,28,31). The van der Waals surface area contributed by atoms with Crippen LogP contribution in [0.1, 0.15) is 39.8 Å². The van der Waals surface area contributed by atoms with Gasteiger partial charge in [-0.15, -0.1) is 0 Å². The Kier molecular flexibility index (Phi) is 7.68. The van der Waals surface area contributed by atoms with Crippen molar-refractivity contribution in [3.8, 4) is 5.69 Å². The Hall–Kier alpha value is -2.87. The van der Waals surface area contributed by atoms with Crippen molar-refractivity contribution in [1.82, 2.24) is 15.1 Å². The fourth-order valence-corrected chi connectivity index (χ4v) is 3.49. The molecule has 2 aromatic carbocycles. The third-order valence-electron chi connectivity index (χ3n) is 4.57. The average Bonchev–Trinajstić information content (AvgIpc) is 3.16. The van der Waals surface area contributed by atoms with Crippen molar-refractivity contribution in [3.05, 3.63) is 75.5 Å². The van der Waals surface area contributed by atoms with Gasteiger partial charge in [0, 0.05) is 23.8 Å². The van der Waals surface area contributed by atoms with E-state index in [-0.39, 0.29) is 16.8 Å². The summed E-state index contributed by atoms with van der Waals surface area (Å²) < 4.78 is 1.74. The van der Waals surface area contributed by atoms with Gasteiger partial charge < -0.3 is 16.4 Å². The molecule has 162 valence electrons. The molecule has 1 heterocycles. The van der Waals surface area contributed by atoms with Crippen molar-refractivity contribution in [2.75, 3.05) is 18.4 Å². The van der Waals surface area contributed by atoms with Gasteiger partial charge >= 0.3 is 0 Å². The van der Waals surface area contributed by atoms with Crippen molar-refractivity contribution in [1.29, 1.82) is 0 Å². The Bertz CT molecular complexity index is 1080. The Morgan fingerprint density at radius 3 is 2.45 bits per heavy atom. The maximum Gasteiger partial charge on any atom is 0.259 e. The highest BCUT2D eigenvalue weighted by atomic mass is 35.5. The highest BCUT2D eigenvalue weighted by molar-refractivity contribution is 6.34. The van der Waals surface area contributed by atoms with Crippen LogP contribution in [0.5, 0.6) is 0 Å². The van der Waals surface area contributed by atoms with Crippen molar-refractivity contribution in [2.45, 2.75) is 19.8 Å². The highest BCUT2D eigenvalue weighted by Gasteiger charge is 2.19. The van der Waals surface area contributed by atoms with Crippen LogP contribution in [0.15, 0.2) is 48.7 Å². The van der Waals surface area contributed by atoms with Gasteiger partial charge in [-0.2, -0.15) is 5.10 Å². The number of nitrogens with two attached hydrogens (primary N) is 1. The van der Waals surface area contributed by atoms with Crippen molar-refractivity contribution < 1.29 is 9.59 Å². The second kappa shape index (κ2) is 10.4. The topological polar surface area (TPSA) is 102 Å². The molecule has 1 aromatic heterocycles. The number of anilines is 1. The summed E-state index contributed by atoms with van der Waals surface area (Å²) in [6.07, 6.45) is 3.07. The molecule has 4 N–H and O–H groups in total. The molecular weight excluding hydrogens is 437 g/mol. The molecule has 0 fully saturated rings. The van der Waals surface area contributed by atoms with Gasteiger partial charge in [-0.25, -0.2) is 4.68 Å². The lowest BCUT2D eigenvalue weighted by molar-refractivity contribution is 0.0954. The third kappa shape index (κ3) is 5.44. The summed E-state index contributed by atoms with van der Waals surface area (Å²) in [7, 11) is 0. The smallest absolute Gasteiger partial charge is 0.259 e. The number of aromatic nitrogens is 2. The average molecular weight is 460 g/mol. The zero-order chi connectivity index (χ0) is 22.4. The summed E-state index contributed by atoms with van der Waals surface area (Å²) in [5.74, 6) is -0.622. The van der Waals surface area contributed by atoms with Crippen LogP contribution < -0.4 is 16.4 Å². The number of hydrogen-bond donors (Lipinski definition) is 3. The van der Waals surface area contributed by atoms with Crippen LogP contribution in [0.3, 0.4) is 0 Å². The lowest BCUT2D eigenvalue weighted by Gasteiger charge is -2.11. The lowest BCUT2D eigenvalue weighted by Crippen LogP contribution is -2.29. The molecule has 0 radical (unpaired) electrons. The molecule has 0 saturated heterocycles. The molecule has 0 spiro atoms. The van der Waals surface area contributed by atoms with Crippen LogP contribution in [0.25, 0.3) is 5.69 Å². The van der Waals surface area contributed by atoms with Crippen molar-refractivity contribution >= 4 is 40.7 Å². The fourth-order valence-electron chi connectivity index (χ4n) is 3.10. The van der Waals surface area contributed by atoms with E-state index in [1.165, 1.54) is 0 Å². The van der Waals surface area contributed by atoms with Crippen LogP contribution in [-0.2, 0) is 6.42 Å². The van der Waals surface area contributed by atoms with Gasteiger partial charge in [-0.3, -0.25) is 9.59 Å². The first-order valence-electron chi connectivity index (χ1n) is 9.86. The molecule has 3 aromatic rings. The molecule has 0 bridgehead atoms. The van der Waals surface area contributed by atoms with E-state index in [1.54, 1.807) is 41.2 Å². The van der Waals surface area contributed by atoms with Gasteiger partial charge in [-0.1, -0.05) is 36.5 Å². The molecule has 0 atom stereocenters. The zero-order valence-electron chi connectivity index (χ0n) is 17.0. The number of amides is 2. The molecular formula is C22H23Cl2N5O2. The molecule has 31 heavy (non-hydrogen) atoms. The minimum atomic E-state index is -0.317. The van der Waals surface area contributed by atoms with Crippen LogP contribution in [0, 0.1) is 0 Å². The van der Waals surface area contributed by atoms with Gasteiger partial charge in [-0.05, 0) is 48.9 Å². The summed E-state index contributed by atoms with van der Waals surface area (Å²) in [5, 5.41) is 10.8. The van der Waals surface area contributed by atoms with Crippen LogP contribution in [-0.4, -0.2) is 34.7 Å². The number of halogens is 2. The first-order valence-corrected chi connectivity index (χ1v) is 10.6. The predicted octanol–water partition coefficient (Wildman–Crippen LogP) is 4.07. The number of nitrogens with one attached hydrogen (secondary N) is 2. The molecule has 7 nitrogen and oxygen atoms in total. The molecule has 0 unspecified atom stereocenters. The third-order valence-corrected chi connectivity index (χ3v) is 5.14. The first kappa shape index (κ1) is 22.8. The molecule has 2 amide bonds. The Morgan fingerprint density at radius 1 is 1.06 bits per heavy atom. The minimum absolute atomic E-state index is 0.234. The molecule has 0 aliphatic rings. The number of rotatable bonds is 8. The summed E-state index contributed by atoms with van der Waals surface area (Å²) in [5.41, 5.74) is 8.28. The summed E-state index contributed by atoms with van der Waals surface area (Å²) in [4.78, 5) is 25.1. The van der Waals surface area contributed by atoms with Gasteiger partial charge in [0.2, 0.25) is 0 Å². The van der Waals surface area contributed by atoms with E-state index in [0.29, 0.717) is 41.3 Å². The molecule has 0 aliphatic carbocycles.